The molecule has 0 bridgehead atoms. The van der Waals surface area contributed by atoms with E-state index in [1.807, 2.05) is 29.6 Å². The van der Waals surface area contributed by atoms with Crippen LogP contribution in [0.3, 0.4) is 0 Å². The summed E-state index contributed by atoms with van der Waals surface area (Å²) in [5.41, 5.74) is 3.26. The summed E-state index contributed by atoms with van der Waals surface area (Å²) in [4.78, 5) is 16.8. The Bertz CT molecular complexity index is 634. The lowest BCUT2D eigenvalue weighted by atomic mass is 9.87. The average molecular weight is 330 g/mol. The number of ether oxygens (including phenoxy) is 1. The summed E-state index contributed by atoms with van der Waals surface area (Å²) in [6.07, 6.45) is 4.50. The van der Waals surface area contributed by atoms with Crippen LogP contribution in [0, 0.1) is 5.92 Å². The highest BCUT2D eigenvalue weighted by atomic mass is 32.1. The zero-order chi connectivity index (χ0) is 16.1. The number of amides is 1. The van der Waals surface area contributed by atoms with Gasteiger partial charge in [-0.15, -0.1) is 11.3 Å². The lowest BCUT2D eigenvalue weighted by Gasteiger charge is -2.27. The molecule has 0 spiro atoms. The van der Waals surface area contributed by atoms with Crippen molar-refractivity contribution in [2.75, 3.05) is 0 Å². The third-order valence-corrected chi connectivity index (χ3v) is 4.98. The Balaban J connectivity index is 1.63. The quantitative estimate of drug-likeness (QED) is 0.900. The number of nitrogens with zero attached hydrogens (tertiary/aromatic N) is 1. The first-order chi connectivity index (χ1) is 11.2. The van der Waals surface area contributed by atoms with E-state index >= 15 is 0 Å². The van der Waals surface area contributed by atoms with Gasteiger partial charge in [-0.2, -0.15) is 0 Å². The smallest absolute Gasteiger partial charge is 0.255 e. The van der Waals surface area contributed by atoms with Gasteiger partial charge >= 0.3 is 0 Å². The molecule has 23 heavy (non-hydrogen) atoms. The molecule has 5 heteroatoms. The molecule has 1 aromatic carbocycles. The van der Waals surface area contributed by atoms with Gasteiger partial charge < -0.3 is 10.1 Å². The van der Waals surface area contributed by atoms with Crippen LogP contribution >= 0.6 is 11.3 Å². The molecule has 1 amide bonds. The molecule has 0 radical (unpaired) electrons. The summed E-state index contributed by atoms with van der Waals surface area (Å²) in [5.74, 6) is 1.34. The van der Waals surface area contributed by atoms with Gasteiger partial charge in [0, 0.05) is 11.4 Å². The minimum atomic E-state index is -0.0431. The number of hydrogen-bond donors (Lipinski definition) is 1. The molecular weight excluding hydrogens is 308 g/mol. The van der Waals surface area contributed by atoms with Gasteiger partial charge in [0.1, 0.15) is 12.4 Å². The highest BCUT2D eigenvalue weighted by Gasteiger charge is 2.21. The van der Waals surface area contributed by atoms with Crippen molar-refractivity contribution in [3.63, 3.8) is 0 Å². The second kappa shape index (κ2) is 7.59. The van der Waals surface area contributed by atoms with Crippen LogP contribution in [0.4, 0.5) is 0 Å². The van der Waals surface area contributed by atoms with Gasteiger partial charge in [0.05, 0.1) is 16.8 Å². The first-order valence-corrected chi connectivity index (χ1v) is 9.06. The molecule has 0 atom stereocenters. The van der Waals surface area contributed by atoms with E-state index in [0.29, 0.717) is 17.9 Å². The predicted octanol–water partition coefficient (Wildman–Crippen LogP) is 4.03. The second-order valence-electron chi connectivity index (χ2n) is 6.19. The summed E-state index contributed by atoms with van der Waals surface area (Å²) < 4.78 is 5.79. The maximum Gasteiger partial charge on any atom is 0.255 e. The third kappa shape index (κ3) is 4.32. The molecule has 1 aromatic heterocycles. The zero-order valence-electron chi connectivity index (χ0n) is 13.3. The van der Waals surface area contributed by atoms with Gasteiger partial charge in [-0.3, -0.25) is 4.79 Å². The fourth-order valence-electron chi connectivity index (χ4n) is 2.91. The molecule has 1 aliphatic carbocycles. The molecule has 1 saturated carbocycles. The van der Waals surface area contributed by atoms with Gasteiger partial charge in [-0.05, 0) is 43.7 Å². The number of para-hydroxylation sites is 1. The van der Waals surface area contributed by atoms with E-state index in [1.165, 1.54) is 24.2 Å². The number of aromatic nitrogens is 1. The van der Waals surface area contributed by atoms with E-state index in [1.54, 1.807) is 5.51 Å². The van der Waals surface area contributed by atoms with Crippen molar-refractivity contribution < 1.29 is 9.53 Å². The minimum absolute atomic E-state index is 0.0431. The summed E-state index contributed by atoms with van der Waals surface area (Å²) in [6.45, 7) is 2.66. The zero-order valence-corrected chi connectivity index (χ0v) is 14.1. The first-order valence-electron chi connectivity index (χ1n) is 8.12. The van der Waals surface area contributed by atoms with Crippen molar-refractivity contribution in [2.24, 2.45) is 5.92 Å². The van der Waals surface area contributed by atoms with Crippen molar-refractivity contribution in [1.82, 2.24) is 10.3 Å². The first kappa shape index (κ1) is 16.0. The monoisotopic (exact) mass is 330 g/mol. The Kier molecular flexibility index (Phi) is 5.28. The Hall–Kier alpha value is -1.88. The summed E-state index contributed by atoms with van der Waals surface area (Å²) in [6, 6.07) is 7.69. The van der Waals surface area contributed by atoms with E-state index < -0.39 is 0 Å². The van der Waals surface area contributed by atoms with E-state index in [4.69, 9.17) is 4.74 Å². The summed E-state index contributed by atoms with van der Waals surface area (Å²) >= 11 is 1.54. The second-order valence-corrected chi connectivity index (χ2v) is 6.91. The maximum absolute atomic E-state index is 12.6. The van der Waals surface area contributed by atoms with Crippen LogP contribution in [-0.2, 0) is 6.61 Å². The van der Waals surface area contributed by atoms with Crippen molar-refractivity contribution in [3.8, 4) is 5.75 Å². The average Bonchev–Trinajstić information content (AvgIpc) is 3.09. The topological polar surface area (TPSA) is 51.2 Å². The molecule has 1 aliphatic rings. The Morgan fingerprint density at radius 2 is 2.09 bits per heavy atom. The van der Waals surface area contributed by atoms with Crippen LogP contribution in [0.15, 0.2) is 35.2 Å². The largest absolute Gasteiger partial charge is 0.486 e. The SMILES string of the molecule is CC1CCC(NC(=O)c2ccccc2OCc2cscn2)CC1. The summed E-state index contributed by atoms with van der Waals surface area (Å²) in [5, 5.41) is 5.11. The van der Waals surface area contributed by atoms with Crippen LogP contribution in [0.5, 0.6) is 5.75 Å². The Morgan fingerprint density at radius 1 is 1.30 bits per heavy atom. The number of nitrogens with one attached hydrogen (secondary N) is 1. The van der Waals surface area contributed by atoms with Gasteiger partial charge in [0.2, 0.25) is 0 Å². The van der Waals surface area contributed by atoms with Crippen LogP contribution in [0.1, 0.15) is 48.7 Å². The molecule has 3 rings (SSSR count). The molecule has 0 unspecified atom stereocenters. The molecule has 4 nitrogen and oxygen atoms in total. The van der Waals surface area contributed by atoms with Gasteiger partial charge in [-0.25, -0.2) is 4.98 Å². The third-order valence-electron chi connectivity index (χ3n) is 4.34. The lowest BCUT2D eigenvalue weighted by Crippen LogP contribution is -2.37. The van der Waals surface area contributed by atoms with Crippen molar-refractivity contribution in [2.45, 2.75) is 45.3 Å². The predicted molar refractivity (Wildman–Crippen MR) is 91.8 cm³/mol. The van der Waals surface area contributed by atoms with Gasteiger partial charge in [-0.1, -0.05) is 19.1 Å². The molecule has 2 aromatic rings. The molecule has 0 aliphatic heterocycles. The lowest BCUT2D eigenvalue weighted by molar-refractivity contribution is 0.0918. The fourth-order valence-corrected chi connectivity index (χ4v) is 3.45. The Morgan fingerprint density at radius 3 is 2.83 bits per heavy atom. The van der Waals surface area contributed by atoms with Crippen LogP contribution in [0.2, 0.25) is 0 Å². The van der Waals surface area contributed by atoms with Crippen LogP contribution in [-0.4, -0.2) is 16.9 Å². The van der Waals surface area contributed by atoms with Crippen LogP contribution < -0.4 is 10.1 Å². The van der Waals surface area contributed by atoms with Crippen molar-refractivity contribution in [3.05, 3.63) is 46.4 Å². The number of benzene rings is 1. The van der Waals surface area contributed by atoms with E-state index in [9.17, 15) is 4.79 Å². The summed E-state index contributed by atoms with van der Waals surface area (Å²) in [7, 11) is 0. The maximum atomic E-state index is 12.6. The number of hydrogen-bond acceptors (Lipinski definition) is 4. The standard InChI is InChI=1S/C18H22N2O2S/c1-13-6-8-14(9-7-13)20-18(21)16-4-2-3-5-17(16)22-10-15-11-23-12-19-15/h2-5,11-14H,6-10H2,1H3,(H,20,21). The molecule has 0 saturated heterocycles. The highest BCUT2D eigenvalue weighted by molar-refractivity contribution is 7.07. The van der Waals surface area contributed by atoms with Gasteiger partial charge in [0.25, 0.3) is 5.91 Å². The number of carbonyl (C=O) groups excluding carboxylic acids is 1. The van der Waals surface area contributed by atoms with Crippen molar-refractivity contribution >= 4 is 17.2 Å². The van der Waals surface area contributed by atoms with E-state index in [0.717, 1.165) is 24.5 Å². The normalized spacial score (nSPS) is 20.9. The molecule has 122 valence electrons. The Labute approximate surface area is 140 Å². The van der Waals surface area contributed by atoms with Crippen molar-refractivity contribution in [1.29, 1.82) is 0 Å². The number of thiazole rings is 1. The van der Waals surface area contributed by atoms with E-state index in [2.05, 4.69) is 17.2 Å². The molecule has 1 N–H and O–H groups in total. The molecule has 1 fully saturated rings. The fraction of sp³-hybridized carbons (Fsp3) is 0.444. The molecule has 1 heterocycles. The minimum Gasteiger partial charge on any atom is -0.486 e. The molecular formula is C18H22N2O2S. The van der Waals surface area contributed by atoms with E-state index in [-0.39, 0.29) is 11.9 Å². The van der Waals surface area contributed by atoms with Gasteiger partial charge in [0.15, 0.2) is 0 Å². The van der Waals surface area contributed by atoms with Crippen LogP contribution in [0.25, 0.3) is 0 Å². The number of carbonyl (C=O) groups is 1. The number of rotatable bonds is 5. The highest BCUT2D eigenvalue weighted by Crippen LogP contribution is 2.25.